The van der Waals surface area contributed by atoms with E-state index in [9.17, 15) is 9.59 Å². The first-order valence-electron chi connectivity index (χ1n) is 8.23. The molecule has 0 atom stereocenters. The molecular formula is C17H23N3O3. The molecule has 2 aliphatic heterocycles. The molecule has 0 saturated carbocycles. The molecule has 0 radical (unpaired) electrons. The van der Waals surface area contributed by atoms with Crippen LogP contribution in [0, 0.1) is 0 Å². The lowest BCUT2D eigenvalue weighted by molar-refractivity contribution is -0.118. The van der Waals surface area contributed by atoms with Crippen molar-refractivity contribution in [3.05, 3.63) is 24.3 Å². The number of nitrogens with zero attached hydrogens (tertiary/aromatic N) is 2. The highest BCUT2D eigenvalue weighted by Gasteiger charge is 2.24. The molecule has 3 rings (SSSR count). The Morgan fingerprint density at radius 2 is 2.00 bits per heavy atom. The van der Waals surface area contributed by atoms with E-state index in [0.29, 0.717) is 25.3 Å². The molecule has 0 bridgehead atoms. The molecule has 2 fully saturated rings. The van der Waals surface area contributed by atoms with Crippen LogP contribution in [-0.2, 0) is 14.3 Å². The highest BCUT2D eigenvalue weighted by Crippen LogP contribution is 2.29. The molecule has 2 heterocycles. The minimum absolute atomic E-state index is 0.0500. The summed E-state index contributed by atoms with van der Waals surface area (Å²) in [6.45, 7) is 4.16. The fourth-order valence-corrected chi connectivity index (χ4v) is 3.07. The predicted molar refractivity (Wildman–Crippen MR) is 88.5 cm³/mol. The molecule has 6 nitrogen and oxygen atoms in total. The molecule has 6 heteroatoms. The van der Waals surface area contributed by atoms with Crippen molar-refractivity contribution in [2.24, 2.45) is 0 Å². The molecule has 23 heavy (non-hydrogen) atoms. The first kappa shape index (κ1) is 16.0. The van der Waals surface area contributed by atoms with Crippen LogP contribution >= 0.6 is 0 Å². The van der Waals surface area contributed by atoms with Gasteiger partial charge in [-0.2, -0.15) is 0 Å². The molecule has 2 amide bonds. The average Bonchev–Trinajstić information content (AvgIpc) is 2.80. The average molecular weight is 317 g/mol. The Morgan fingerprint density at radius 1 is 1.13 bits per heavy atom. The Bertz CT molecular complexity index is 568. The molecular weight excluding hydrogens is 294 g/mol. The smallest absolute Gasteiger partial charge is 0.238 e. The second kappa shape index (κ2) is 7.57. The maximum Gasteiger partial charge on any atom is 0.238 e. The summed E-state index contributed by atoms with van der Waals surface area (Å²) in [4.78, 5) is 28.2. The summed E-state index contributed by atoms with van der Waals surface area (Å²) in [5.74, 6) is 0.0716. The molecule has 1 N–H and O–H groups in total. The van der Waals surface area contributed by atoms with E-state index >= 15 is 0 Å². The highest BCUT2D eigenvalue weighted by atomic mass is 16.5. The van der Waals surface area contributed by atoms with Crippen molar-refractivity contribution in [1.82, 2.24) is 4.90 Å². The Morgan fingerprint density at radius 3 is 2.83 bits per heavy atom. The van der Waals surface area contributed by atoms with Gasteiger partial charge in [-0.25, -0.2) is 0 Å². The minimum atomic E-state index is -0.0500. The van der Waals surface area contributed by atoms with Crippen LogP contribution in [0.4, 0.5) is 11.4 Å². The highest BCUT2D eigenvalue weighted by molar-refractivity contribution is 6.02. The number of carbonyl (C=O) groups is 2. The lowest BCUT2D eigenvalue weighted by Crippen LogP contribution is -2.35. The third-order valence-corrected chi connectivity index (χ3v) is 4.22. The van der Waals surface area contributed by atoms with Gasteiger partial charge >= 0.3 is 0 Å². The molecule has 124 valence electrons. The summed E-state index contributed by atoms with van der Waals surface area (Å²) in [6, 6.07) is 7.51. The maximum absolute atomic E-state index is 12.3. The Hall–Kier alpha value is -1.92. The summed E-state index contributed by atoms with van der Waals surface area (Å²) in [5, 5.41) is 2.96. The molecule has 2 aliphatic rings. The van der Waals surface area contributed by atoms with Gasteiger partial charge in [-0.05, 0) is 25.0 Å². The maximum atomic E-state index is 12.3. The van der Waals surface area contributed by atoms with Crippen LogP contribution in [0.1, 0.15) is 19.3 Å². The van der Waals surface area contributed by atoms with Gasteiger partial charge in [0.2, 0.25) is 11.8 Å². The predicted octanol–water partition coefficient (Wildman–Crippen LogP) is 1.47. The molecule has 1 aromatic carbocycles. The number of rotatable bonds is 4. The van der Waals surface area contributed by atoms with Crippen molar-refractivity contribution in [3.63, 3.8) is 0 Å². The summed E-state index contributed by atoms with van der Waals surface area (Å²) in [6.07, 6.45) is 2.40. The number of ether oxygens (including phenoxy) is 1. The Kier molecular flexibility index (Phi) is 5.25. The zero-order valence-corrected chi connectivity index (χ0v) is 13.3. The third kappa shape index (κ3) is 4.09. The largest absolute Gasteiger partial charge is 0.380 e. The first-order chi connectivity index (χ1) is 11.2. The normalized spacial score (nSPS) is 19.7. The zero-order valence-electron chi connectivity index (χ0n) is 13.3. The Labute approximate surface area is 136 Å². The van der Waals surface area contributed by atoms with Gasteiger partial charge in [0.15, 0.2) is 0 Å². The number of anilines is 2. The van der Waals surface area contributed by atoms with Gasteiger partial charge in [0.05, 0.1) is 24.5 Å². The van der Waals surface area contributed by atoms with E-state index in [2.05, 4.69) is 10.2 Å². The standard InChI is InChI=1S/C17H23N3O3/c21-16(13-19-8-4-11-23-12-10-19)18-14-5-1-2-6-15(14)20-9-3-7-17(20)22/h1-2,5-6H,3-4,7-13H2,(H,18,21). The molecule has 0 aliphatic carbocycles. The van der Waals surface area contributed by atoms with Crippen molar-refractivity contribution in [3.8, 4) is 0 Å². The van der Waals surface area contributed by atoms with E-state index in [1.165, 1.54) is 0 Å². The second-order valence-corrected chi connectivity index (χ2v) is 5.96. The van der Waals surface area contributed by atoms with Crippen LogP contribution in [0.15, 0.2) is 24.3 Å². The number of carbonyl (C=O) groups excluding carboxylic acids is 2. The summed E-state index contributed by atoms with van der Waals surface area (Å²) < 4.78 is 5.41. The first-order valence-corrected chi connectivity index (χ1v) is 8.23. The number of hydrogen-bond acceptors (Lipinski definition) is 4. The van der Waals surface area contributed by atoms with Gasteiger partial charge in [-0.3, -0.25) is 14.5 Å². The SMILES string of the molecule is O=C(CN1CCCOCC1)Nc1ccccc1N1CCCC1=O. The third-order valence-electron chi connectivity index (χ3n) is 4.22. The number of hydrogen-bond donors (Lipinski definition) is 1. The van der Waals surface area contributed by atoms with Gasteiger partial charge < -0.3 is 15.0 Å². The Balaban J connectivity index is 1.65. The van der Waals surface area contributed by atoms with Crippen molar-refractivity contribution in [1.29, 1.82) is 0 Å². The van der Waals surface area contributed by atoms with Gasteiger partial charge in [0, 0.05) is 32.7 Å². The van der Waals surface area contributed by atoms with Crippen LogP contribution in [0.5, 0.6) is 0 Å². The monoisotopic (exact) mass is 317 g/mol. The molecule has 2 saturated heterocycles. The second-order valence-electron chi connectivity index (χ2n) is 5.96. The molecule has 0 unspecified atom stereocenters. The number of benzene rings is 1. The fourth-order valence-electron chi connectivity index (χ4n) is 3.07. The van der Waals surface area contributed by atoms with Crippen molar-refractivity contribution in [2.45, 2.75) is 19.3 Å². The fraction of sp³-hybridized carbons (Fsp3) is 0.529. The number of amides is 2. The van der Waals surface area contributed by atoms with E-state index in [0.717, 1.165) is 44.8 Å². The van der Waals surface area contributed by atoms with Crippen LogP contribution in [0.2, 0.25) is 0 Å². The molecule has 0 spiro atoms. The topological polar surface area (TPSA) is 61.9 Å². The van der Waals surface area contributed by atoms with Crippen molar-refractivity contribution < 1.29 is 14.3 Å². The van der Waals surface area contributed by atoms with Gasteiger partial charge in [0.1, 0.15) is 0 Å². The van der Waals surface area contributed by atoms with Crippen LogP contribution < -0.4 is 10.2 Å². The van der Waals surface area contributed by atoms with Crippen LogP contribution in [-0.4, -0.2) is 56.1 Å². The molecule has 0 aromatic heterocycles. The minimum Gasteiger partial charge on any atom is -0.380 e. The van der Waals surface area contributed by atoms with E-state index in [-0.39, 0.29) is 11.8 Å². The van der Waals surface area contributed by atoms with E-state index in [1.54, 1.807) is 4.90 Å². The summed E-state index contributed by atoms with van der Waals surface area (Å²) in [7, 11) is 0. The van der Waals surface area contributed by atoms with E-state index in [4.69, 9.17) is 4.74 Å². The summed E-state index contributed by atoms with van der Waals surface area (Å²) in [5.41, 5.74) is 1.50. The van der Waals surface area contributed by atoms with E-state index in [1.807, 2.05) is 24.3 Å². The summed E-state index contributed by atoms with van der Waals surface area (Å²) >= 11 is 0. The zero-order chi connectivity index (χ0) is 16.1. The molecule has 1 aromatic rings. The van der Waals surface area contributed by atoms with Crippen molar-refractivity contribution >= 4 is 23.2 Å². The quantitative estimate of drug-likeness (QED) is 0.913. The number of nitrogens with one attached hydrogen (secondary N) is 1. The lowest BCUT2D eigenvalue weighted by atomic mass is 10.2. The van der Waals surface area contributed by atoms with Gasteiger partial charge in [-0.15, -0.1) is 0 Å². The van der Waals surface area contributed by atoms with Gasteiger partial charge in [0.25, 0.3) is 0 Å². The van der Waals surface area contributed by atoms with Crippen molar-refractivity contribution in [2.75, 3.05) is 49.6 Å². The van der Waals surface area contributed by atoms with E-state index < -0.39 is 0 Å². The van der Waals surface area contributed by atoms with Crippen LogP contribution in [0.3, 0.4) is 0 Å². The lowest BCUT2D eigenvalue weighted by Gasteiger charge is -2.22. The number of para-hydroxylation sites is 2. The van der Waals surface area contributed by atoms with Gasteiger partial charge in [-0.1, -0.05) is 12.1 Å². The van der Waals surface area contributed by atoms with Crippen LogP contribution in [0.25, 0.3) is 0 Å².